The summed E-state index contributed by atoms with van der Waals surface area (Å²) in [6, 6.07) is 0.485. The zero-order chi connectivity index (χ0) is 16.4. The van der Waals surface area contributed by atoms with Gasteiger partial charge in [-0.1, -0.05) is 6.92 Å². The Balaban J connectivity index is 1.55. The van der Waals surface area contributed by atoms with Crippen molar-refractivity contribution in [1.82, 2.24) is 19.8 Å². The van der Waals surface area contributed by atoms with Gasteiger partial charge in [0.05, 0.1) is 6.20 Å². The molecule has 2 aliphatic heterocycles. The van der Waals surface area contributed by atoms with E-state index in [1.165, 1.54) is 0 Å². The van der Waals surface area contributed by atoms with Gasteiger partial charge in [0.15, 0.2) is 0 Å². The molecule has 3 heterocycles. The third kappa shape index (κ3) is 3.47. The number of rotatable bonds is 3. The van der Waals surface area contributed by atoms with E-state index in [4.69, 9.17) is 0 Å². The molecule has 2 fully saturated rings. The van der Waals surface area contributed by atoms with Gasteiger partial charge in [-0.15, -0.1) is 0 Å². The van der Waals surface area contributed by atoms with Crippen molar-refractivity contribution in [2.45, 2.75) is 25.8 Å². The summed E-state index contributed by atoms with van der Waals surface area (Å²) in [4.78, 5) is 27.9. The summed E-state index contributed by atoms with van der Waals surface area (Å²) >= 11 is 0. The highest BCUT2D eigenvalue weighted by molar-refractivity contribution is 5.79. The van der Waals surface area contributed by atoms with Crippen LogP contribution in [-0.2, 0) is 4.79 Å². The molecule has 3 rings (SSSR count). The van der Waals surface area contributed by atoms with Crippen LogP contribution in [0.15, 0.2) is 18.6 Å². The van der Waals surface area contributed by atoms with Crippen molar-refractivity contribution >= 4 is 11.7 Å². The molecular weight excluding hydrogens is 290 g/mol. The minimum absolute atomic E-state index is 0.163. The van der Waals surface area contributed by atoms with Crippen LogP contribution in [0.25, 0.3) is 0 Å². The maximum absolute atomic E-state index is 12.8. The van der Waals surface area contributed by atoms with Crippen LogP contribution in [0.5, 0.6) is 0 Å². The van der Waals surface area contributed by atoms with Gasteiger partial charge in [0.2, 0.25) is 5.91 Å². The van der Waals surface area contributed by atoms with Crippen molar-refractivity contribution in [1.29, 1.82) is 0 Å². The quantitative estimate of drug-likeness (QED) is 0.836. The van der Waals surface area contributed by atoms with E-state index in [0.29, 0.717) is 17.9 Å². The number of amides is 1. The molecule has 126 valence electrons. The van der Waals surface area contributed by atoms with Gasteiger partial charge in [-0.2, -0.15) is 0 Å². The Hall–Kier alpha value is -1.69. The third-order valence-corrected chi connectivity index (χ3v) is 5.27. The molecule has 0 N–H and O–H groups in total. The average Bonchev–Trinajstić information content (AvgIpc) is 2.97. The second-order valence-corrected chi connectivity index (χ2v) is 7.08. The van der Waals surface area contributed by atoms with E-state index >= 15 is 0 Å². The largest absolute Gasteiger partial charge is 0.355 e. The van der Waals surface area contributed by atoms with E-state index in [9.17, 15) is 4.79 Å². The Morgan fingerprint density at radius 2 is 1.96 bits per heavy atom. The Bertz CT molecular complexity index is 527. The van der Waals surface area contributed by atoms with Crippen LogP contribution in [0, 0.1) is 11.8 Å². The number of anilines is 1. The molecule has 0 radical (unpaired) electrons. The molecule has 1 aromatic rings. The monoisotopic (exact) mass is 317 g/mol. The Morgan fingerprint density at radius 3 is 2.52 bits per heavy atom. The van der Waals surface area contributed by atoms with Crippen molar-refractivity contribution in [3.8, 4) is 0 Å². The molecule has 0 aromatic carbocycles. The number of piperidine rings is 1. The summed E-state index contributed by atoms with van der Waals surface area (Å²) in [7, 11) is 4.21. The van der Waals surface area contributed by atoms with Gasteiger partial charge >= 0.3 is 0 Å². The van der Waals surface area contributed by atoms with Crippen molar-refractivity contribution in [3.63, 3.8) is 0 Å². The molecule has 23 heavy (non-hydrogen) atoms. The van der Waals surface area contributed by atoms with Crippen LogP contribution in [0.4, 0.5) is 5.82 Å². The predicted molar refractivity (Wildman–Crippen MR) is 90.2 cm³/mol. The molecular formula is C17H27N5O. The average molecular weight is 317 g/mol. The molecule has 2 saturated heterocycles. The third-order valence-electron chi connectivity index (χ3n) is 5.27. The van der Waals surface area contributed by atoms with Crippen LogP contribution in [0.2, 0.25) is 0 Å². The number of carbonyl (C=O) groups excluding carboxylic acids is 1. The highest BCUT2D eigenvalue weighted by Crippen LogP contribution is 2.27. The Kier molecular flexibility index (Phi) is 4.80. The lowest BCUT2D eigenvalue weighted by Gasteiger charge is -2.33. The van der Waals surface area contributed by atoms with Gasteiger partial charge in [-0.3, -0.25) is 9.78 Å². The highest BCUT2D eigenvalue weighted by atomic mass is 16.2. The first kappa shape index (κ1) is 16.2. The fourth-order valence-electron chi connectivity index (χ4n) is 3.87. The summed E-state index contributed by atoms with van der Waals surface area (Å²) in [6.07, 6.45) is 7.03. The van der Waals surface area contributed by atoms with Crippen molar-refractivity contribution in [2.24, 2.45) is 11.8 Å². The van der Waals surface area contributed by atoms with E-state index in [1.807, 2.05) is 0 Å². The molecule has 6 nitrogen and oxygen atoms in total. The standard InChI is InChI=1S/C17H27N5O/c1-13-11-22(12-15(13)20(2)3)17(23)14-4-8-21(9-5-14)16-10-18-6-7-19-16/h6-7,10,13-15H,4-5,8-9,11-12H2,1-3H3/t13-,15-/m0/s1. The van der Waals surface area contributed by atoms with Crippen molar-refractivity contribution < 1.29 is 4.79 Å². The van der Waals surface area contributed by atoms with E-state index in [-0.39, 0.29) is 5.92 Å². The minimum atomic E-state index is 0.163. The topological polar surface area (TPSA) is 52.6 Å². The van der Waals surface area contributed by atoms with E-state index in [2.05, 4.69) is 45.7 Å². The van der Waals surface area contributed by atoms with E-state index < -0.39 is 0 Å². The molecule has 0 aliphatic carbocycles. The molecule has 6 heteroatoms. The lowest BCUT2D eigenvalue weighted by atomic mass is 9.95. The number of hydrogen-bond donors (Lipinski definition) is 0. The van der Waals surface area contributed by atoms with Crippen LogP contribution in [-0.4, -0.2) is 72.0 Å². The second-order valence-electron chi connectivity index (χ2n) is 7.08. The molecule has 1 aromatic heterocycles. The van der Waals surface area contributed by atoms with Crippen LogP contribution in [0.1, 0.15) is 19.8 Å². The first-order valence-corrected chi connectivity index (χ1v) is 8.52. The number of nitrogens with zero attached hydrogens (tertiary/aromatic N) is 5. The zero-order valence-corrected chi connectivity index (χ0v) is 14.4. The van der Waals surface area contributed by atoms with Gasteiger partial charge in [0.25, 0.3) is 0 Å². The summed E-state index contributed by atoms with van der Waals surface area (Å²) < 4.78 is 0. The highest BCUT2D eigenvalue weighted by Gasteiger charge is 2.37. The SMILES string of the molecule is C[C@H]1CN(C(=O)C2CCN(c3cnccn3)CC2)C[C@@H]1N(C)C. The van der Waals surface area contributed by atoms with Crippen LogP contribution < -0.4 is 4.90 Å². The fraction of sp³-hybridized carbons (Fsp3) is 0.706. The summed E-state index contributed by atoms with van der Waals surface area (Å²) in [5, 5.41) is 0. The number of carbonyl (C=O) groups is 1. The van der Waals surface area contributed by atoms with Crippen LogP contribution in [0.3, 0.4) is 0 Å². The number of likely N-dealkylation sites (N-methyl/N-ethyl adjacent to an activating group) is 1. The number of likely N-dealkylation sites (tertiary alicyclic amines) is 1. The molecule has 0 saturated carbocycles. The lowest BCUT2D eigenvalue weighted by Crippen LogP contribution is -2.43. The van der Waals surface area contributed by atoms with Gasteiger partial charge in [-0.05, 0) is 32.9 Å². The zero-order valence-electron chi connectivity index (χ0n) is 14.4. The number of hydrogen-bond acceptors (Lipinski definition) is 5. The molecule has 0 bridgehead atoms. The van der Waals surface area contributed by atoms with Gasteiger partial charge in [-0.25, -0.2) is 4.98 Å². The van der Waals surface area contributed by atoms with Gasteiger partial charge in [0.1, 0.15) is 5.82 Å². The Labute approximate surface area is 138 Å². The first-order valence-electron chi connectivity index (χ1n) is 8.52. The molecule has 2 atom stereocenters. The molecule has 1 amide bonds. The maximum atomic E-state index is 12.8. The van der Waals surface area contributed by atoms with Gasteiger partial charge < -0.3 is 14.7 Å². The van der Waals surface area contributed by atoms with Crippen molar-refractivity contribution in [3.05, 3.63) is 18.6 Å². The minimum Gasteiger partial charge on any atom is -0.355 e. The summed E-state index contributed by atoms with van der Waals surface area (Å²) in [5.41, 5.74) is 0. The summed E-state index contributed by atoms with van der Waals surface area (Å²) in [5.74, 6) is 1.98. The second kappa shape index (κ2) is 6.83. The Morgan fingerprint density at radius 1 is 1.22 bits per heavy atom. The molecule has 2 aliphatic rings. The molecule has 0 unspecified atom stereocenters. The van der Waals surface area contributed by atoms with Gasteiger partial charge in [0, 0.05) is 50.5 Å². The van der Waals surface area contributed by atoms with E-state index in [0.717, 1.165) is 44.8 Å². The first-order chi connectivity index (χ1) is 11.1. The maximum Gasteiger partial charge on any atom is 0.225 e. The fourth-order valence-corrected chi connectivity index (χ4v) is 3.87. The van der Waals surface area contributed by atoms with Crippen molar-refractivity contribution in [2.75, 3.05) is 45.2 Å². The van der Waals surface area contributed by atoms with E-state index in [1.54, 1.807) is 18.6 Å². The lowest BCUT2D eigenvalue weighted by molar-refractivity contribution is -0.135. The normalized spacial score (nSPS) is 26.1. The van der Waals surface area contributed by atoms with Crippen LogP contribution >= 0.6 is 0 Å². The smallest absolute Gasteiger partial charge is 0.225 e. The molecule has 0 spiro atoms. The predicted octanol–water partition coefficient (Wildman–Crippen LogP) is 1.10. The number of aromatic nitrogens is 2. The summed E-state index contributed by atoms with van der Waals surface area (Å²) in [6.45, 7) is 5.78.